The third-order valence-electron chi connectivity index (χ3n) is 4.65. The lowest BCUT2D eigenvalue weighted by atomic mass is 9.74. The van der Waals surface area contributed by atoms with Crippen molar-refractivity contribution in [3.63, 3.8) is 0 Å². The molecule has 2 fully saturated rings. The van der Waals surface area contributed by atoms with Gasteiger partial charge in [-0.25, -0.2) is 4.98 Å². The monoisotopic (exact) mass is 263 g/mol. The van der Waals surface area contributed by atoms with E-state index in [1.807, 2.05) is 4.90 Å². The maximum atomic E-state index is 11.7. The van der Waals surface area contributed by atoms with Crippen molar-refractivity contribution in [3.05, 3.63) is 22.7 Å². The van der Waals surface area contributed by atoms with Crippen molar-refractivity contribution < 1.29 is 5.11 Å². The molecule has 1 aromatic heterocycles. The second-order valence-electron chi connectivity index (χ2n) is 5.73. The lowest BCUT2D eigenvalue weighted by molar-refractivity contribution is 0.141. The zero-order chi connectivity index (χ0) is 13.5. The molecule has 1 aliphatic heterocycles. The summed E-state index contributed by atoms with van der Waals surface area (Å²) >= 11 is 0. The number of hydrogen-bond acceptors (Lipinski definition) is 5. The van der Waals surface area contributed by atoms with Crippen LogP contribution in [0, 0.1) is 11.6 Å². The van der Waals surface area contributed by atoms with Crippen molar-refractivity contribution in [2.24, 2.45) is 11.1 Å². The number of aromatic nitrogens is 2. The number of nitrogens with one attached hydrogen (secondary N) is 1. The van der Waals surface area contributed by atoms with E-state index in [-0.39, 0.29) is 23.1 Å². The van der Waals surface area contributed by atoms with Gasteiger partial charge in [0.05, 0.1) is 18.5 Å². The lowest BCUT2D eigenvalue weighted by Gasteiger charge is -2.42. The molecule has 1 saturated carbocycles. The predicted molar refractivity (Wildman–Crippen MR) is 70.8 cm³/mol. The first-order chi connectivity index (χ1) is 9.11. The Morgan fingerprint density at radius 2 is 2.26 bits per heavy atom. The SMILES string of the molecule is NC1CC(O)CC12CCN(c1nc[c][nH]c1=O)CC2. The van der Waals surface area contributed by atoms with Gasteiger partial charge in [-0.2, -0.15) is 0 Å². The van der Waals surface area contributed by atoms with Gasteiger partial charge in [0.1, 0.15) is 0 Å². The smallest absolute Gasteiger partial charge is 0.291 e. The summed E-state index contributed by atoms with van der Waals surface area (Å²) in [6.07, 6.45) is 7.08. The van der Waals surface area contributed by atoms with Crippen LogP contribution < -0.4 is 16.2 Å². The fourth-order valence-electron chi connectivity index (χ4n) is 3.52. The predicted octanol–water partition coefficient (Wildman–Crippen LogP) is -0.361. The van der Waals surface area contributed by atoms with Crippen LogP contribution >= 0.6 is 0 Å². The second kappa shape index (κ2) is 4.61. The van der Waals surface area contributed by atoms with Crippen molar-refractivity contribution in [2.45, 2.75) is 37.8 Å². The van der Waals surface area contributed by atoms with Crippen molar-refractivity contribution in [2.75, 3.05) is 18.0 Å². The van der Waals surface area contributed by atoms with Gasteiger partial charge in [0.15, 0.2) is 5.82 Å². The van der Waals surface area contributed by atoms with Crippen molar-refractivity contribution in [3.8, 4) is 0 Å². The minimum atomic E-state index is -0.269. The molecule has 0 amide bonds. The molecule has 2 atom stereocenters. The van der Waals surface area contributed by atoms with E-state index in [4.69, 9.17) is 5.73 Å². The maximum Gasteiger partial charge on any atom is 0.291 e. The van der Waals surface area contributed by atoms with Gasteiger partial charge in [0.25, 0.3) is 5.56 Å². The van der Waals surface area contributed by atoms with E-state index in [9.17, 15) is 9.90 Å². The number of H-pyrrole nitrogens is 1. The largest absolute Gasteiger partial charge is 0.393 e. The Bertz CT molecular complexity index is 507. The van der Waals surface area contributed by atoms with Crippen molar-refractivity contribution in [1.82, 2.24) is 9.97 Å². The first kappa shape index (κ1) is 12.6. The number of nitrogens with two attached hydrogens (primary N) is 1. The first-order valence-electron chi connectivity index (χ1n) is 6.75. The summed E-state index contributed by atoms with van der Waals surface area (Å²) < 4.78 is 0. The number of piperidine rings is 1. The maximum absolute atomic E-state index is 11.7. The van der Waals surface area contributed by atoms with Gasteiger partial charge in [-0.3, -0.25) is 4.79 Å². The number of anilines is 1. The summed E-state index contributed by atoms with van der Waals surface area (Å²) in [5.41, 5.74) is 6.03. The Hall–Kier alpha value is -1.40. The molecule has 6 heteroatoms. The Morgan fingerprint density at radius 1 is 1.53 bits per heavy atom. The third kappa shape index (κ3) is 2.15. The summed E-state index contributed by atoms with van der Waals surface area (Å²) in [4.78, 5) is 20.3. The number of hydrogen-bond donors (Lipinski definition) is 3. The molecule has 1 spiro atoms. The lowest BCUT2D eigenvalue weighted by Crippen LogP contribution is -2.48. The van der Waals surface area contributed by atoms with Gasteiger partial charge in [-0.1, -0.05) is 0 Å². The molecule has 103 valence electrons. The van der Waals surface area contributed by atoms with Crippen LogP contribution in [0.25, 0.3) is 0 Å². The molecule has 19 heavy (non-hydrogen) atoms. The van der Waals surface area contributed by atoms with E-state index in [0.29, 0.717) is 12.2 Å². The molecule has 1 radical (unpaired) electrons. The summed E-state index contributed by atoms with van der Waals surface area (Å²) in [6.45, 7) is 1.53. The molecule has 4 N–H and O–H groups in total. The van der Waals surface area contributed by atoms with Gasteiger partial charge in [0.2, 0.25) is 0 Å². The number of aliphatic hydroxyl groups is 1. The average Bonchev–Trinajstić information content (AvgIpc) is 2.66. The van der Waals surface area contributed by atoms with Crippen LogP contribution in [0.4, 0.5) is 5.82 Å². The molecule has 1 saturated heterocycles. The van der Waals surface area contributed by atoms with Crippen LogP contribution in [0.1, 0.15) is 25.7 Å². The van der Waals surface area contributed by atoms with Crippen LogP contribution in [0.2, 0.25) is 0 Å². The van der Waals surface area contributed by atoms with E-state index in [1.165, 1.54) is 6.20 Å². The van der Waals surface area contributed by atoms with Crippen LogP contribution in [-0.2, 0) is 0 Å². The number of aromatic amines is 1. The average molecular weight is 263 g/mol. The number of rotatable bonds is 1. The van der Waals surface area contributed by atoms with Crippen LogP contribution in [0.15, 0.2) is 11.0 Å². The molecule has 6 nitrogen and oxygen atoms in total. The standard InChI is InChI=1S/C13H19N4O2/c14-10-7-9(18)8-13(10)1-5-17(6-2-13)11-12(19)16-4-3-15-11/h3,9-10,18H,1-2,5-8,14H2,(H,16,19). The van der Waals surface area contributed by atoms with Crippen molar-refractivity contribution >= 4 is 5.82 Å². The van der Waals surface area contributed by atoms with Crippen LogP contribution in [0.3, 0.4) is 0 Å². The zero-order valence-corrected chi connectivity index (χ0v) is 10.8. The Labute approximate surface area is 111 Å². The quantitative estimate of drug-likeness (QED) is 0.643. The minimum absolute atomic E-state index is 0.0452. The molecule has 1 aliphatic carbocycles. The van der Waals surface area contributed by atoms with Gasteiger partial charge >= 0.3 is 0 Å². The highest BCUT2D eigenvalue weighted by atomic mass is 16.3. The Kier molecular flexibility index (Phi) is 3.06. The Morgan fingerprint density at radius 3 is 2.84 bits per heavy atom. The van der Waals surface area contributed by atoms with Gasteiger partial charge in [-0.05, 0) is 31.1 Å². The molecule has 2 heterocycles. The van der Waals surface area contributed by atoms with Crippen LogP contribution in [-0.4, -0.2) is 40.3 Å². The topological polar surface area (TPSA) is 95.2 Å². The van der Waals surface area contributed by atoms with E-state index < -0.39 is 0 Å². The molecule has 1 aromatic rings. The van der Waals surface area contributed by atoms with Crippen molar-refractivity contribution in [1.29, 1.82) is 0 Å². The van der Waals surface area contributed by atoms with Gasteiger partial charge in [0, 0.05) is 19.1 Å². The zero-order valence-electron chi connectivity index (χ0n) is 10.8. The van der Waals surface area contributed by atoms with E-state index in [2.05, 4.69) is 16.2 Å². The normalized spacial score (nSPS) is 29.9. The molecular formula is C13H19N4O2. The summed E-state index contributed by atoms with van der Waals surface area (Å²) in [5.74, 6) is 0.459. The molecule has 2 aliphatic rings. The molecular weight excluding hydrogens is 244 g/mol. The van der Waals surface area contributed by atoms with Gasteiger partial charge < -0.3 is 20.7 Å². The fourth-order valence-corrected chi connectivity index (χ4v) is 3.52. The van der Waals surface area contributed by atoms with Crippen LogP contribution in [0.5, 0.6) is 0 Å². The summed E-state index contributed by atoms with van der Waals surface area (Å²) in [6, 6.07) is 0.0694. The second-order valence-corrected chi connectivity index (χ2v) is 5.73. The van der Waals surface area contributed by atoms with Gasteiger partial charge in [-0.15, -0.1) is 0 Å². The molecule has 0 aromatic carbocycles. The third-order valence-corrected chi connectivity index (χ3v) is 4.65. The molecule has 2 unspecified atom stereocenters. The highest BCUT2D eigenvalue weighted by Crippen LogP contribution is 2.45. The molecule has 3 rings (SSSR count). The number of aliphatic hydroxyl groups excluding tert-OH is 1. The minimum Gasteiger partial charge on any atom is -0.393 e. The molecule has 0 bridgehead atoms. The van der Waals surface area contributed by atoms with E-state index in [0.717, 1.165) is 32.4 Å². The summed E-state index contributed by atoms with van der Waals surface area (Å²) in [5, 5.41) is 9.78. The Balaban J connectivity index is 1.74. The highest BCUT2D eigenvalue weighted by molar-refractivity contribution is 5.36. The highest BCUT2D eigenvalue weighted by Gasteiger charge is 2.46. The summed E-state index contributed by atoms with van der Waals surface area (Å²) in [7, 11) is 0. The van der Waals surface area contributed by atoms with E-state index >= 15 is 0 Å². The first-order valence-corrected chi connectivity index (χ1v) is 6.75. The fraction of sp³-hybridized carbons (Fsp3) is 0.692. The number of nitrogens with zero attached hydrogens (tertiary/aromatic N) is 2. The van der Waals surface area contributed by atoms with E-state index in [1.54, 1.807) is 0 Å².